The van der Waals surface area contributed by atoms with E-state index in [-0.39, 0.29) is 10.9 Å². The number of hydrogen-bond donors (Lipinski definition) is 2. The van der Waals surface area contributed by atoms with E-state index >= 15 is 0 Å². The maximum Gasteiger partial charge on any atom is 0.326 e. The van der Waals surface area contributed by atoms with Gasteiger partial charge in [0.15, 0.2) is 0 Å². The molecule has 0 bridgehead atoms. The summed E-state index contributed by atoms with van der Waals surface area (Å²) in [5, 5.41) is 2.85. The van der Waals surface area contributed by atoms with E-state index in [1.165, 1.54) is 17.9 Å². The minimum absolute atomic E-state index is 0.202. The zero-order valence-corrected chi connectivity index (χ0v) is 21.1. The number of hydrogen-bond acceptors (Lipinski definition) is 6. The highest BCUT2D eigenvalue weighted by molar-refractivity contribution is 7.89. The van der Waals surface area contributed by atoms with Crippen LogP contribution in [0.3, 0.4) is 0 Å². The van der Waals surface area contributed by atoms with Crippen LogP contribution in [-0.2, 0) is 16.6 Å². The number of benzene rings is 3. The second kappa shape index (κ2) is 12.2. The normalized spacial score (nSPS) is 11.2. The van der Waals surface area contributed by atoms with Gasteiger partial charge in [0, 0.05) is 18.3 Å². The summed E-state index contributed by atoms with van der Waals surface area (Å²) in [6.07, 6.45) is 3.84. The number of sulfonamides is 1. The highest BCUT2D eigenvalue weighted by Crippen LogP contribution is 2.22. The summed E-state index contributed by atoms with van der Waals surface area (Å²) in [7, 11) is -2.09. The lowest BCUT2D eigenvalue weighted by molar-refractivity contribution is 0.240. The first-order valence-corrected chi connectivity index (χ1v) is 13.2. The van der Waals surface area contributed by atoms with Crippen molar-refractivity contribution in [2.45, 2.75) is 17.9 Å². The van der Waals surface area contributed by atoms with E-state index in [1.807, 2.05) is 54.6 Å². The van der Waals surface area contributed by atoms with Crippen LogP contribution in [0.5, 0.6) is 11.5 Å². The monoisotopic (exact) mass is 520 g/mol. The fraction of sp³-hybridized carbons (Fsp3) is 0.185. The Hall–Kier alpha value is -4.15. The average molecular weight is 521 g/mol. The molecule has 4 aromatic rings. The van der Waals surface area contributed by atoms with Gasteiger partial charge < -0.3 is 14.8 Å². The number of aromatic nitrogens is 2. The topological polar surface area (TPSA) is 112 Å². The van der Waals surface area contributed by atoms with Gasteiger partial charge >= 0.3 is 6.03 Å². The molecule has 2 N–H and O–H groups in total. The Balaban J connectivity index is 1.24. The van der Waals surface area contributed by atoms with Gasteiger partial charge in [0.05, 0.1) is 17.2 Å². The van der Waals surface area contributed by atoms with E-state index in [0.29, 0.717) is 37.6 Å². The van der Waals surface area contributed by atoms with Gasteiger partial charge in [-0.15, -0.1) is 0 Å². The lowest BCUT2D eigenvalue weighted by atomic mass is 10.1. The highest BCUT2D eigenvalue weighted by Gasteiger charge is 2.11. The quantitative estimate of drug-likeness (QED) is 0.289. The molecule has 0 aliphatic heterocycles. The molecule has 4 rings (SSSR count). The Kier molecular flexibility index (Phi) is 8.55. The number of para-hydroxylation sites is 1. The molecule has 0 spiro atoms. The molecule has 10 heteroatoms. The van der Waals surface area contributed by atoms with Crippen molar-refractivity contribution in [3.05, 3.63) is 97.0 Å². The van der Waals surface area contributed by atoms with Crippen LogP contribution in [0.1, 0.15) is 12.0 Å². The molecule has 0 aliphatic carbocycles. The largest absolute Gasteiger partial charge is 0.494 e. The smallest absolute Gasteiger partial charge is 0.326 e. The van der Waals surface area contributed by atoms with Gasteiger partial charge in [-0.2, -0.15) is 0 Å². The predicted octanol–water partition coefficient (Wildman–Crippen LogP) is 4.06. The Morgan fingerprint density at radius 3 is 2.32 bits per heavy atom. The van der Waals surface area contributed by atoms with Crippen molar-refractivity contribution in [3.63, 3.8) is 0 Å². The first-order valence-electron chi connectivity index (χ1n) is 11.7. The van der Waals surface area contributed by atoms with Gasteiger partial charge in [-0.05, 0) is 67.6 Å². The van der Waals surface area contributed by atoms with Crippen LogP contribution in [0.15, 0.2) is 96.3 Å². The molecule has 0 fully saturated rings. The summed E-state index contributed by atoms with van der Waals surface area (Å²) in [6, 6.07) is 23.2. The van der Waals surface area contributed by atoms with Crippen molar-refractivity contribution in [2.24, 2.45) is 0 Å². The zero-order chi connectivity index (χ0) is 26.1. The number of carbonyl (C=O) groups excluding carboxylic acids is 1. The number of rotatable bonds is 11. The molecule has 3 aromatic carbocycles. The maximum absolute atomic E-state index is 12.4. The van der Waals surface area contributed by atoms with Crippen LogP contribution < -0.4 is 19.5 Å². The van der Waals surface area contributed by atoms with Gasteiger partial charge in [0.2, 0.25) is 10.0 Å². The van der Waals surface area contributed by atoms with Crippen molar-refractivity contribution < 1.29 is 22.7 Å². The number of ether oxygens (including phenoxy) is 2. The van der Waals surface area contributed by atoms with Crippen LogP contribution in [0.25, 0.3) is 11.3 Å². The SMILES string of the molecule is CNS(=O)(=O)c1ccc(COc2ccc(-c3cn(C(=O)NCCCOc4ccccc4)cn3)cc2)cc1. The molecular formula is C27H28N4O5S. The second-order valence-electron chi connectivity index (χ2n) is 8.08. The Morgan fingerprint density at radius 2 is 1.62 bits per heavy atom. The Labute approximate surface area is 216 Å². The highest BCUT2D eigenvalue weighted by atomic mass is 32.2. The van der Waals surface area contributed by atoms with Crippen molar-refractivity contribution in [1.29, 1.82) is 0 Å². The van der Waals surface area contributed by atoms with E-state index in [2.05, 4.69) is 15.0 Å². The Morgan fingerprint density at radius 1 is 0.919 bits per heavy atom. The molecular weight excluding hydrogens is 492 g/mol. The van der Waals surface area contributed by atoms with Crippen molar-refractivity contribution in [2.75, 3.05) is 20.2 Å². The van der Waals surface area contributed by atoms with E-state index < -0.39 is 10.0 Å². The minimum atomic E-state index is -3.46. The number of carbonyl (C=O) groups is 1. The summed E-state index contributed by atoms with van der Waals surface area (Å²) in [4.78, 5) is 16.9. The lowest BCUT2D eigenvalue weighted by Crippen LogP contribution is -2.29. The van der Waals surface area contributed by atoms with Crippen LogP contribution in [0.2, 0.25) is 0 Å². The first kappa shape index (κ1) is 25.9. The molecule has 0 saturated carbocycles. The standard InChI is InChI=1S/C27H28N4O5S/c1-28-37(33,34)25-14-8-21(9-15-25)19-36-24-12-10-22(11-13-24)26-18-31(20-30-26)27(32)29-16-5-17-35-23-6-3-2-4-7-23/h2-4,6-15,18,20,28H,5,16-17,19H2,1H3,(H,29,32). The van der Waals surface area contributed by atoms with Gasteiger partial charge in [0.1, 0.15) is 24.4 Å². The third kappa shape index (κ3) is 7.18. The average Bonchev–Trinajstić information content (AvgIpc) is 3.43. The summed E-state index contributed by atoms with van der Waals surface area (Å²) in [6.45, 7) is 1.29. The van der Waals surface area contributed by atoms with Crippen molar-refractivity contribution in [1.82, 2.24) is 19.6 Å². The minimum Gasteiger partial charge on any atom is -0.494 e. The fourth-order valence-corrected chi connectivity index (χ4v) is 4.15. The summed E-state index contributed by atoms with van der Waals surface area (Å²) in [5.41, 5.74) is 2.35. The molecule has 192 valence electrons. The fourth-order valence-electron chi connectivity index (χ4n) is 3.42. The summed E-state index contributed by atoms with van der Waals surface area (Å²) in [5.74, 6) is 1.46. The van der Waals surface area contributed by atoms with E-state index in [9.17, 15) is 13.2 Å². The number of nitrogens with zero attached hydrogens (tertiary/aromatic N) is 2. The van der Waals surface area contributed by atoms with Gasteiger partial charge in [-0.3, -0.25) is 4.57 Å². The van der Waals surface area contributed by atoms with Gasteiger partial charge in [0.25, 0.3) is 0 Å². The first-order chi connectivity index (χ1) is 17.9. The summed E-state index contributed by atoms with van der Waals surface area (Å²) >= 11 is 0. The number of amides is 1. The molecule has 1 heterocycles. The van der Waals surface area contributed by atoms with Crippen LogP contribution >= 0.6 is 0 Å². The van der Waals surface area contributed by atoms with Gasteiger partial charge in [-0.1, -0.05) is 30.3 Å². The molecule has 0 atom stereocenters. The molecule has 37 heavy (non-hydrogen) atoms. The second-order valence-corrected chi connectivity index (χ2v) is 9.96. The number of imidazole rings is 1. The third-order valence-electron chi connectivity index (χ3n) is 5.48. The molecule has 0 saturated heterocycles. The van der Waals surface area contributed by atoms with E-state index in [0.717, 1.165) is 16.9 Å². The van der Waals surface area contributed by atoms with E-state index in [4.69, 9.17) is 9.47 Å². The molecule has 0 radical (unpaired) electrons. The predicted molar refractivity (Wildman–Crippen MR) is 140 cm³/mol. The molecule has 1 amide bonds. The van der Waals surface area contributed by atoms with Crippen molar-refractivity contribution in [3.8, 4) is 22.8 Å². The molecule has 9 nitrogen and oxygen atoms in total. The molecule has 0 unspecified atom stereocenters. The van der Waals surface area contributed by atoms with Gasteiger partial charge in [-0.25, -0.2) is 22.9 Å². The van der Waals surface area contributed by atoms with Crippen molar-refractivity contribution >= 4 is 16.1 Å². The van der Waals surface area contributed by atoms with E-state index in [1.54, 1.807) is 30.5 Å². The Bertz CT molecular complexity index is 1400. The maximum atomic E-state index is 12.4. The molecule has 1 aromatic heterocycles. The third-order valence-corrected chi connectivity index (χ3v) is 6.91. The van der Waals surface area contributed by atoms with Crippen LogP contribution in [-0.4, -0.2) is 44.2 Å². The lowest BCUT2D eigenvalue weighted by Gasteiger charge is -2.08. The zero-order valence-electron chi connectivity index (χ0n) is 20.3. The number of nitrogens with one attached hydrogen (secondary N) is 2. The van der Waals surface area contributed by atoms with Crippen LogP contribution in [0, 0.1) is 0 Å². The van der Waals surface area contributed by atoms with Crippen LogP contribution in [0.4, 0.5) is 4.79 Å². The molecule has 0 aliphatic rings. The summed E-state index contributed by atoms with van der Waals surface area (Å²) < 4.78 is 38.8.